The minimum atomic E-state index is -4.31. The van der Waals surface area contributed by atoms with Gasteiger partial charge in [0.2, 0.25) is 5.91 Å². The van der Waals surface area contributed by atoms with Gasteiger partial charge in [-0.05, 0) is 38.5 Å². The van der Waals surface area contributed by atoms with Gasteiger partial charge in [0.25, 0.3) is 0 Å². The van der Waals surface area contributed by atoms with Gasteiger partial charge in [-0.1, -0.05) is 161 Å². The largest absolute Gasteiger partial charge is 0.472 e. The van der Waals surface area contributed by atoms with E-state index in [2.05, 4.69) is 31.3 Å². The lowest BCUT2D eigenvalue weighted by atomic mass is 10.0. The predicted molar refractivity (Wildman–Crippen MR) is 212 cm³/mol. The van der Waals surface area contributed by atoms with E-state index in [1.54, 1.807) is 0 Å². The summed E-state index contributed by atoms with van der Waals surface area (Å²) >= 11 is 0. The molecule has 3 atom stereocenters. The van der Waals surface area contributed by atoms with Crippen molar-refractivity contribution in [3.05, 3.63) is 12.2 Å². The first-order valence-electron chi connectivity index (χ1n) is 21.1. The fraction of sp³-hybridized carbons (Fsp3) is 0.927. The van der Waals surface area contributed by atoms with Crippen molar-refractivity contribution in [2.24, 2.45) is 0 Å². The van der Waals surface area contributed by atoms with Gasteiger partial charge in [0.1, 0.15) is 13.2 Å². The van der Waals surface area contributed by atoms with E-state index >= 15 is 0 Å². The van der Waals surface area contributed by atoms with Crippen molar-refractivity contribution in [1.82, 2.24) is 5.32 Å². The second-order valence-electron chi connectivity index (χ2n) is 15.7. The van der Waals surface area contributed by atoms with Crippen LogP contribution in [0.15, 0.2) is 12.2 Å². The molecule has 1 amide bonds. The Balaban J connectivity index is 4.26. The van der Waals surface area contributed by atoms with Crippen LogP contribution in [0.25, 0.3) is 0 Å². The van der Waals surface area contributed by atoms with E-state index in [0.717, 1.165) is 44.9 Å². The molecular formula is C41H84N2O6P+. The molecule has 0 bridgehead atoms. The molecule has 0 aromatic carbocycles. The molecule has 50 heavy (non-hydrogen) atoms. The molecule has 0 aliphatic heterocycles. The Kier molecular flexibility index (Phi) is 33.5. The minimum Gasteiger partial charge on any atom is -0.391 e. The Labute approximate surface area is 310 Å². The van der Waals surface area contributed by atoms with Gasteiger partial charge in [-0.25, -0.2) is 4.57 Å². The highest BCUT2D eigenvalue weighted by Crippen LogP contribution is 2.43. The first-order valence-corrected chi connectivity index (χ1v) is 22.5. The maximum absolute atomic E-state index is 12.8. The van der Waals surface area contributed by atoms with Gasteiger partial charge >= 0.3 is 7.82 Å². The summed E-state index contributed by atoms with van der Waals surface area (Å²) in [6.07, 6.45) is 36.8. The topological polar surface area (TPSA) is 105 Å². The van der Waals surface area contributed by atoms with E-state index in [4.69, 9.17) is 9.05 Å². The summed E-state index contributed by atoms with van der Waals surface area (Å²) in [5.41, 5.74) is 0. The van der Waals surface area contributed by atoms with E-state index < -0.39 is 20.0 Å². The molecule has 3 N–H and O–H groups in total. The molecule has 8 nitrogen and oxygen atoms in total. The fourth-order valence-electron chi connectivity index (χ4n) is 6.10. The number of phosphoric acid groups is 1. The zero-order valence-electron chi connectivity index (χ0n) is 33.7. The number of hydrogen-bond acceptors (Lipinski definition) is 5. The number of quaternary nitrogens is 1. The highest BCUT2D eigenvalue weighted by Gasteiger charge is 2.28. The average molecular weight is 732 g/mol. The zero-order chi connectivity index (χ0) is 37.2. The Morgan fingerprint density at radius 1 is 0.660 bits per heavy atom. The van der Waals surface area contributed by atoms with E-state index in [-0.39, 0.29) is 19.1 Å². The van der Waals surface area contributed by atoms with E-state index in [1.165, 1.54) is 122 Å². The highest BCUT2D eigenvalue weighted by atomic mass is 31.2. The van der Waals surface area contributed by atoms with Crippen molar-refractivity contribution < 1.29 is 32.9 Å². The summed E-state index contributed by atoms with van der Waals surface area (Å²) in [5.74, 6) is -0.154. The molecule has 0 saturated heterocycles. The number of allylic oxidation sites excluding steroid dienone is 2. The van der Waals surface area contributed by atoms with Crippen molar-refractivity contribution in [3.63, 3.8) is 0 Å². The molecule has 0 aromatic heterocycles. The molecule has 0 fully saturated rings. The number of rotatable bonds is 38. The summed E-state index contributed by atoms with van der Waals surface area (Å²) in [6.45, 7) is 4.82. The van der Waals surface area contributed by atoms with Crippen LogP contribution in [0.5, 0.6) is 0 Å². The van der Waals surface area contributed by atoms with Gasteiger partial charge in [-0.2, -0.15) is 0 Å². The number of phosphoric ester groups is 1. The number of amides is 1. The number of carbonyl (C=O) groups is 1. The lowest BCUT2D eigenvalue weighted by Crippen LogP contribution is -2.46. The van der Waals surface area contributed by atoms with Gasteiger partial charge in [0.15, 0.2) is 0 Å². The lowest BCUT2D eigenvalue weighted by molar-refractivity contribution is -0.870. The van der Waals surface area contributed by atoms with Crippen LogP contribution in [-0.4, -0.2) is 73.4 Å². The van der Waals surface area contributed by atoms with Crippen LogP contribution in [-0.2, 0) is 18.4 Å². The number of unbranched alkanes of at least 4 members (excludes halogenated alkanes) is 23. The Morgan fingerprint density at radius 2 is 1.08 bits per heavy atom. The summed E-state index contributed by atoms with van der Waals surface area (Å²) in [6, 6.07) is -0.769. The quantitative estimate of drug-likeness (QED) is 0.0253. The first kappa shape index (κ1) is 49.2. The van der Waals surface area contributed by atoms with Crippen LogP contribution in [0.4, 0.5) is 0 Å². The van der Waals surface area contributed by atoms with Crippen molar-refractivity contribution >= 4 is 13.7 Å². The number of carbonyl (C=O) groups excluding carboxylic acids is 1. The number of likely N-dealkylation sites (N-methyl/N-ethyl adjacent to an activating group) is 1. The molecular weight excluding hydrogens is 647 g/mol. The summed E-state index contributed by atoms with van der Waals surface area (Å²) in [5, 5.41) is 13.8. The maximum Gasteiger partial charge on any atom is 0.472 e. The van der Waals surface area contributed by atoms with Crippen LogP contribution in [0.2, 0.25) is 0 Å². The second kappa shape index (κ2) is 34.0. The van der Waals surface area contributed by atoms with Crippen LogP contribution in [0.1, 0.15) is 194 Å². The summed E-state index contributed by atoms with van der Waals surface area (Å²) in [4.78, 5) is 23.0. The van der Waals surface area contributed by atoms with Crippen molar-refractivity contribution in [1.29, 1.82) is 0 Å². The lowest BCUT2D eigenvalue weighted by Gasteiger charge is -2.26. The Morgan fingerprint density at radius 3 is 1.54 bits per heavy atom. The first-order chi connectivity index (χ1) is 24.0. The van der Waals surface area contributed by atoms with Crippen molar-refractivity contribution in [3.8, 4) is 0 Å². The van der Waals surface area contributed by atoms with E-state index in [9.17, 15) is 19.4 Å². The number of aliphatic hydroxyl groups excluding tert-OH is 1. The van der Waals surface area contributed by atoms with E-state index in [1.807, 2.05) is 21.1 Å². The van der Waals surface area contributed by atoms with Crippen molar-refractivity contribution in [2.45, 2.75) is 206 Å². The standard InChI is InChI=1S/C41H83N2O6P/c1-6-8-10-12-14-16-17-18-19-20-21-22-23-24-25-27-29-31-33-35-41(45)42-39(38-49-50(46,47)48-37-36-43(3,4)5)40(44)34-32-30-28-26-15-13-11-9-7-2/h15,26,39-40,44H,6-14,16-25,27-38H2,1-5H3,(H-,42,45,46,47)/p+1/b26-15+/t39-,40+/m0/s1. The van der Waals surface area contributed by atoms with Gasteiger partial charge < -0.3 is 19.8 Å². The average Bonchev–Trinajstić information content (AvgIpc) is 3.06. The molecule has 0 rings (SSSR count). The van der Waals surface area contributed by atoms with Crippen LogP contribution in [0.3, 0.4) is 0 Å². The second-order valence-corrected chi connectivity index (χ2v) is 17.2. The van der Waals surface area contributed by atoms with Gasteiger partial charge in [-0.15, -0.1) is 0 Å². The normalized spacial score (nSPS) is 14.6. The summed E-state index contributed by atoms with van der Waals surface area (Å²) in [7, 11) is 1.60. The van der Waals surface area contributed by atoms with Crippen LogP contribution in [0, 0.1) is 0 Å². The van der Waals surface area contributed by atoms with Gasteiger partial charge in [-0.3, -0.25) is 13.8 Å². The fourth-order valence-corrected chi connectivity index (χ4v) is 6.83. The molecule has 1 unspecified atom stereocenters. The monoisotopic (exact) mass is 732 g/mol. The minimum absolute atomic E-state index is 0.0716. The van der Waals surface area contributed by atoms with Crippen LogP contribution >= 0.6 is 7.82 Å². The molecule has 0 aliphatic carbocycles. The number of nitrogens with zero attached hydrogens (tertiary/aromatic N) is 1. The molecule has 9 heteroatoms. The van der Waals surface area contributed by atoms with Gasteiger partial charge in [0, 0.05) is 6.42 Å². The van der Waals surface area contributed by atoms with Crippen LogP contribution < -0.4 is 5.32 Å². The molecule has 0 heterocycles. The third kappa shape index (κ3) is 35.6. The number of hydrogen-bond donors (Lipinski definition) is 3. The zero-order valence-corrected chi connectivity index (χ0v) is 34.5. The number of aliphatic hydroxyl groups is 1. The van der Waals surface area contributed by atoms with Crippen molar-refractivity contribution in [2.75, 3.05) is 40.9 Å². The van der Waals surface area contributed by atoms with E-state index in [0.29, 0.717) is 23.9 Å². The Bertz CT molecular complexity index is 834. The molecule has 0 saturated carbocycles. The highest BCUT2D eigenvalue weighted by molar-refractivity contribution is 7.47. The molecule has 298 valence electrons. The number of nitrogens with one attached hydrogen (secondary N) is 1. The SMILES string of the molecule is CCCCC/C=C/CCCC[C@@H](O)[C@H](COP(=O)(O)OCC[N+](C)(C)C)NC(=O)CCCCCCCCCCCCCCCCCCCCC. The third-order valence-corrected chi connectivity index (χ3v) is 10.5. The smallest absolute Gasteiger partial charge is 0.391 e. The maximum atomic E-state index is 12.8. The summed E-state index contributed by atoms with van der Waals surface area (Å²) < 4.78 is 23.5. The Hall–Kier alpha value is -0.760. The predicted octanol–water partition coefficient (Wildman–Crippen LogP) is 11.2. The molecule has 0 aromatic rings. The van der Waals surface area contributed by atoms with Gasteiger partial charge in [0.05, 0.1) is 39.9 Å². The molecule has 0 radical (unpaired) electrons. The molecule has 0 spiro atoms. The third-order valence-electron chi connectivity index (χ3n) is 9.51. The molecule has 0 aliphatic rings.